The normalized spacial score (nSPS) is 26.0. The molecular formula is C12H25N3O. The van der Waals surface area contributed by atoms with E-state index in [2.05, 4.69) is 26.1 Å². The van der Waals surface area contributed by atoms with Crippen LogP contribution in [-0.4, -0.2) is 55.1 Å². The first-order valence-corrected chi connectivity index (χ1v) is 6.13. The highest BCUT2D eigenvalue weighted by molar-refractivity contribution is 5.74. The van der Waals surface area contributed by atoms with Crippen molar-refractivity contribution in [2.75, 3.05) is 27.2 Å². The minimum absolute atomic E-state index is 0.138. The van der Waals surface area contributed by atoms with E-state index < -0.39 is 0 Å². The second-order valence-corrected chi connectivity index (χ2v) is 5.42. The SMILES string of the molecule is CC(C)CC1CNC(C)CN1C(=O)N(C)C. The number of hydrogen-bond donors (Lipinski definition) is 1. The molecule has 0 radical (unpaired) electrons. The van der Waals surface area contributed by atoms with Gasteiger partial charge in [0.1, 0.15) is 0 Å². The van der Waals surface area contributed by atoms with Gasteiger partial charge < -0.3 is 15.1 Å². The smallest absolute Gasteiger partial charge is 0.319 e. The molecular weight excluding hydrogens is 202 g/mol. The van der Waals surface area contributed by atoms with E-state index in [4.69, 9.17) is 0 Å². The Balaban J connectivity index is 2.68. The number of nitrogens with one attached hydrogen (secondary N) is 1. The predicted molar refractivity (Wildman–Crippen MR) is 66.5 cm³/mol. The third-order valence-corrected chi connectivity index (χ3v) is 2.99. The lowest BCUT2D eigenvalue weighted by molar-refractivity contribution is 0.113. The molecule has 1 N–H and O–H groups in total. The third-order valence-electron chi connectivity index (χ3n) is 2.99. The van der Waals surface area contributed by atoms with E-state index in [-0.39, 0.29) is 6.03 Å². The Morgan fingerprint density at radius 2 is 2.12 bits per heavy atom. The van der Waals surface area contributed by atoms with Crippen LogP contribution in [0.2, 0.25) is 0 Å². The predicted octanol–water partition coefficient (Wildman–Crippen LogP) is 1.38. The molecule has 1 aliphatic rings. The van der Waals surface area contributed by atoms with Gasteiger partial charge in [-0.15, -0.1) is 0 Å². The van der Waals surface area contributed by atoms with Gasteiger partial charge in [-0.25, -0.2) is 4.79 Å². The largest absolute Gasteiger partial charge is 0.331 e. The maximum atomic E-state index is 12.1. The standard InChI is InChI=1S/C12H25N3O/c1-9(2)6-11-7-13-10(3)8-15(11)12(16)14(4)5/h9-11,13H,6-8H2,1-5H3. The number of rotatable bonds is 2. The fraction of sp³-hybridized carbons (Fsp3) is 0.917. The van der Waals surface area contributed by atoms with Crippen molar-refractivity contribution in [3.63, 3.8) is 0 Å². The molecule has 1 rings (SSSR count). The van der Waals surface area contributed by atoms with Crippen LogP contribution in [0.5, 0.6) is 0 Å². The summed E-state index contributed by atoms with van der Waals surface area (Å²) in [5.74, 6) is 0.623. The first kappa shape index (κ1) is 13.3. The highest BCUT2D eigenvalue weighted by Gasteiger charge is 2.30. The van der Waals surface area contributed by atoms with E-state index >= 15 is 0 Å². The summed E-state index contributed by atoms with van der Waals surface area (Å²) in [5, 5.41) is 3.45. The number of hydrogen-bond acceptors (Lipinski definition) is 2. The molecule has 1 aliphatic heterocycles. The topological polar surface area (TPSA) is 35.6 Å². The van der Waals surface area contributed by atoms with Crippen molar-refractivity contribution in [2.45, 2.75) is 39.3 Å². The monoisotopic (exact) mass is 227 g/mol. The molecule has 4 nitrogen and oxygen atoms in total. The van der Waals surface area contributed by atoms with Crippen molar-refractivity contribution >= 4 is 6.03 Å². The molecule has 0 aliphatic carbocycles. The van der Waals surface area contributed by atoms with E-state index in [0.717, 1.165) is 19.5 Å². The van der Waals surface area contributed by atoms with E-state index in [1.165, 1.54) is 0 Å². The van der Waals surface area contributed by atoms with Crippen LogP contribution in [0.4, 0.5) is 4.79 Å². The average molecular weight is 227 g/mol. The van der Waals surface area contributed by atoms with Gasteiger partial charge in [-0.2, -0.15) is 0 Å². The molecule has 0 bridgehead atoms. The number of urea groups is 1. The van der Waals surface area contributed by atoms with Crippen molar-refractivity contribution in [2.24, 2.45) is 5.92 Å². The van der Waals surface area contributed by atoms with Crippen LogP contribution in [0.3, 0.4) is 0 Å². The highest BCUT2D eigenvalue weighted by atomic mass is 16.2. The molecule has 2 amide bonds. The van der Waals surface area contributed by atoms with Crippen LogP contribution in [-0.2, 0) is 0 Å². The van der Waals surface area contributed by atoms with Crippen molar-refractivity contribution < 1.29 is 4.79 Å². The van der Waals surface area contributed by atoms with Crippen LogP contribution in [0, 0.1) is 5.92 Å². The van der Waals surface area contributed by atoms with Crippen molar-refractivity contribution in [1.82, 2.24) is 15.1 Å². The first-order chi connectivity index (χ1) is 7.41. The van der Waals surface area contributed by atoms with Gasteiger partial charge in [0.2, 0.25) is 0 Å². The van der Waals surface area contributed by atoms with Gasteiger partial charge in [-0.3, -0.25) is 0 Å². The first-order valence-electron chi connectivity index (χ1n) is 6.13. The second-order valence-electron chi connectivity index (χ2n) is 5.42. The van der Waals surface area contributed by atoms with E-state index in [0.29, 0.717) is 18.0 Å². The lowest BCUT2D eigenvalue weighted by Crippen LogP contribution is -2.59. The Labute approximate surface area is 99.0 Å². The van der Waals surface area contributed by atoms with Gasteiger partial charge in [0, 0.05) is 39.3 Å². The van der Waals surface area contributed by atoms with Gasteiger partial charge >= 0.3 is 6.03 Å². The summed E-state index contributed by atoms with van der Waals surface area (Å²) in [5.41, 5.74) is 0. The zero-order valence-electron chi connectivity index (χ0n) is 11.2. The summed E-state index contributed by atoms with van der Waals surface area (Å²) >= 11 is 0. The average Bonchev–Trinajstić information content (AvgIpc) is 2.18. The number of amides is 2. The number of nitrogens with zero attached hydrogens (tertiary/aromatic N) is 2. The Bertz CT molecular complexity index is 240. The summed E-state index contributed by atoms with van der Waals surface area (Å²) in [6, 6.07) is 0.873. The Morgan fingerprint density at radius 3 is 2.62 bits per heavy atom. The molecule has 1 saturated heterocycles. The third kappa shape index (κ3) is 3.37. The highest BCUT2D eigenvalue weighted by Crippen LogP contribution is 2.16. The summed E-state index contributed by atoms with van der Waals surface area (Å²) in [6.07, 6.45) is 1.07. The quantitative estimate of drug-likeness (QED) is 0.773. The van der Waals surface area contributed by atoms with Crippen molar-refractivity contribution in [3.05, 3.63) is 0 Å². The van der Waals surface area contributed by atoms with Gasteiger partial charge in [-0.1, -0.05) is 13.8 Å². The van der Waals surface area contributed by atoms with E-state index in [1.807, 2.05) is 19.0 Å². The molecule has 0 aromatic rings. The molecule has 4 heteroatoms. The molecule has 16 heavy (non-hydrogen) atoms. The fourth-order valence-electron chi connectivity index (χ4n) is 2.20. The minimum atomic E-state index is 0.138. The van der Waals surface area contributed by atoms with E-state index in [9.17, 15) is 4.79 Å². The summed E-state index contributed by atoms with van der Waals surface area (Å²) in [6.45, 7) is 8.27. The maximum absolute atomic E-state index is 12.1. The molecule has 0 spiro atoms. The van der Waals surface area contributed by atoms with Gasteiger partial charge in [-0.05, 0) is 19.3 Å². The van der Waals surface area contributed by atoms with Crippen molar-refractivity contribution in [3.8, 4) is 0 Å². The number of piperazine rings is 1. The molecule has 94 valence electrons. The molecule has 2 atom stereocenters. The molecule has 0 aromatic heterocycles. The van der Waals surface area contributed by atoms with Crippen molar-refractivity contribution in [1.29, 1.82) is 0 Å². The molecule has 2 unspecified atom stereocenters. The lowest BCUT2D eigenvalue weighted by atomic mass is 9.99. The Hall–Kier alpha value is -0.770. The maximum Gasteiger partial charge on any atom is 0.319 e. The number of carbonyl (C=O) groups is 1. The second kappa shape index (κ2) is 5.53. The van der Waals surface area contributed by atoms with E-state index in [1.54, 1.807) is 4.90 Å². The lowest BCUT2D eigenvalue weighted by Gasteiger charge is -2.41. The van der Waals surface area contributed by atoms with Gasteiger partial charge in [0.05, 0.1) is 0 Å². The van der Waals surface area contributed by atoms with Crippen LogP contribution in [0.1, 0.15) is 27.2 Å². The van der Waals surface area contributed by atoms with Crippen LogP contribution >= 0.6 is 0 Å². The van der Waals surface area contributed by atoms with Crippen LogP contribution in [0.15, 0.2) is 0 Å². The molecule has 0 saturated carbocycles. The summed E-state index contributed by atoms with van der Waals surface area (Å²) in [7, 11) is 3.64. The zero-order valence-corrected chi connectivity index (χ0v) is 11.2. The molecule has 1 fully saturated rings. The number of carbonyl (C=O) groups excluding carboxylic acids is 1. The Kier molecular flexibility index (Phi) is 4.59. The summed E-state index contributed by atoms with van der Waals surface area (Å²) < 4.78 is 0. The summed E-state index contributed by atoms with van der Waals surface area (Å²) in [4.78, 5) is 15.7. The fourth-order valence-corrected chi connectivity index (χ4v) is 2.20. The molecule has 0 aromatic carbocycles. The van der Waals surface area contributed by atoms with Crippen LogP contribution in [0.25, 0.3) is 0 Å². The molecule has 1 heterocycles. The minimum Gasteiger partial charge on any atom is -0.331 e. The Morgan fingerprint density at radius 1 is 1.50 bits per heavy atom. The zero-order chi connectivity index (χ0) is 12.3. The van der Waals surface area contributed by atoms with Crippen LogP contribution < -0.4 is 5.32 Å². The van der Waals surface area contributed by atoms with Gasteiger partial charge in [0.15, 0.2) is 0 Å². The van der Waals surface area contributed by atoms with Gasteiger partial charge in [0.25, 0.3) is 0 Å².